The fraction of sp³-hybridized carbons (Fsp3) is 0.273. The van der Waals surface area contributed by atoms with E-state index in [2.05, 4.69) is 29.0 Å². The van der Waals surface area contributed by atoms with E-state index in [0.717, 1.165) is 40.1 Å². The van der Waals surface area contributed by atoms with Gasteiger partial charge < -0.3 is 10.7 Å². The molecular formula is C22H23N5O. The minimum Gasteiger partial charge on any atom is -0.369 e. The van der Waals surface area contributed by atoms with Crippen molar-refractivity contribution in [3.05, 3.63) is 58.5 Å². The van der Waals surface area contributed by atoms with E-state index < -0.39 is 0 Å². The van der Waals surface area contributed by atoms with Crippen LogP contribution in [0.3, 0.4) is 0 Å². The predicted molar refractivity (Wildman–Crippen MR) is 112 cm³/mol. The summed E-state index contributed by atoms with van der Waals surface area (Å²) in [6.45, 7) is 2.87. The highest BCUT2D eigenvalue weighted by atomic mass is 16.1. The Hall–Kier alpha value is -3.28. The molecule has 0 atom stereocenters. The van der Waals surface area contributed by atoms with Crippen LogP contribution in [0.1, 0.15) is 18.4 Å². The topological polar surface area (TPSA) is 81.6 Å². The second-order valence-corrected chi connectivity index (χ2v) is 7.81. The van der Waals surface area contributed by atoms with E-state index in [0.29, 0.717) is 11.9 Å². The first kappa shape index (κ1) is 16.9. The summed E-state index contributed by atoms with van der Waals surface area (Å²) in [6.07, 6.45) is 2.43. The van der Waals surface area contributed by atoms with Gasteiger partial charge in [0.25, 0.3) is 0 Å². The van der Waals surface area contributed by atoms with Gasteiger partial charge >= 0.3 is 5.69 Å². The number of aromatic nitrogens is 4. The number of hydrogen-bond donors (Lipinski definition) is 2. The second kappa shape index (κ2) is 6.12. The number of nitrogen functional groups attached to an aromatic ring is 1. The molecule has 5 rings (SSSR count). The SMILES string of the molecule is Cc1cccc(-c2nc(N)[nH]c2-c2ccc3c(c2)n(C)c(=O)n3CC2CC2)c1. The zero-order chi connectivity index (χ0) is 19.4. The monoisotopic (exact) mass is 373 g/mol. The molecule has 3 N–H and O–H groups in total. The van der Waals surface area contributed by atoms with E-state index in [-0.39, 0.29) is 5.69 Å². The van der Waals surface area contributed by atoms with Crippen LogP contribution in [0.2, 0.25) is 0 Å². The van der Waals surface area contributed by atoms with Crippen molar-refractivity contribution in [1.29, 1.82) is 0 Å². The highest BCUT2D eigenvalue weighted by Gasteiger charge is 2.24. The zero-order valence-corrected chi connectivity index (χ0v) is 16.1. The summed E-state index contributed by atoms with van der Waals surface area (Å²) in [5.74, 6) is 1.02. The van der Waals surface area contributed by atoms with Gasteiger partial charge in [-0.05, 0) is 43.9 Å². The maximum atomic E-state index is 12.7. The molecule has 2 heterocycles. The first-order valence-electron chi connectivity index (χ1n) is 9.63. The van der Waals surface area contributed by atoms with Gasteiger partial charge in [0, 0.05) is 24.7 Å². The standard InChI is InChI=1S/C22H23N5O/c1-13-4-3-5-15(10-13)19-20(25-21(23)24-19)16-8-9-17-18(11-16)26(2)22(28)27(17)12-14-6-7-14/h3-5,8-11,14H,6-7,12H2,1-2H3,(H3,23,24,25). The maximum Gasteiger partial charge on any atom is 0.328 e. The van der Waals surface area contributed by atoms with Crippen molar-refractivity contribution in [2.45, 2.75) is 26.3 Å². The van der Waals surface area contributed by atoms with Crippen LogP contribution in [0.25, 0.3) is 33.5 Å². The number of aryl methyl sites for hydroxylation is 2. The van der Waals surface area contributed by atoms with E-state index in [1.807, 2.05) is 41.9 Å². The molecule has 1 aliphatic carbocycles. The molecule has 1 fully saturated rings. The van der Waals surface area contributed by atoms with Gasteiger partial charge in [0.1, 0.15) is 0 Å². The molecule has 0 radical (unpaired) electrons. The van der Waals surface area contributed by atoms with Crippen molar-refractivity contribution in [2.75, 3.05) is 5.73 Å². The van der Waals surface area contributed by atoms with Crippen LogP contribution in [0.5, 0.6) is 0 Å². The third kappa shape index (κ3) is 2.72. The smallest absolute Gasteiger partial charge is 0.328 e. The average molecular weight is 373 g/mol. The first-order chi connectivity index (χ1) is 13.5. The summed E-state index contributed by atoms with van der Waals surface area (Å²) in [5, 5.41) is 0. The van der Waals surface area contributed by atoms with Crippen LogP contribution in [0.15, 0.2) is 47.3 Å². The fourth-order valence-corrected chi connectivity index (χ4v) is 3.90. The Bertz CT molecular complexity index is 1260. The van der Waals surface area contributed by atoms with E-state index in [9.17, 15) is 4.79 Å². The first-order valence-corrected chi connectivity index (χ1v) is 9.63. The van der Waals surface area contributed by atoms with Crippen molar-refractivity contribution in [1.82, 2.24) is 19.1 Å². The zero-order valence-electron chi connectivity index (χ0n) is 16.1. The molecule has 6 nitrogen and oxygen atoms in total. The molecule has 2 aromatic carbocycles. The predicted octanol–water partition coefficient (Wildman–Crippen LogP) is 3.70. The normalized spacial score (nSPS) is 14.1. The van der Waals surface area contributed by atoms with Gasteiger partial charge in [0.15, 0.2) is 5.95 Å². The molecule has 0 saturated heterocycles. The lowest BCUT2D eigenvalue weighted by Crippen LogP contribution is -2.22. The van der Waals surface area contributed by atoms with Crippen molar-refractivity contribution in [3.63, 3.8) is 0 Å². The lowest BCUT2D eigenvalue weighted by Gasteiger charge is -2.06. The minimum absolute atomic E-state index is 0.0436. The maximum absolute atomic E-state index is 12.7. The largest absolute Gasteiger partial charge is 0.369 e. The van der Waals surface area contributed by atoms with Gasteiger partial charge in [0.05, 0.1) is 22.4 Å². The lowest BCUT2D eigenvalue weighted by atomic mass is 10.0. The number of fused-ring (bicyclic) bond motifs is 1. The number of hydrogen-bond acceptors (Lipinski definition) is 3. The molecule has 28 heavy (non-hydrogen) atoms. The molecule has 2 aromatic heterocycles. The molecule has 1 aliphatic rings. The molecule has 6 heteroatoms. The third-order valence-electron chi connectivity index (χ3n) is 5.59. The van der Waals surface area contributed by atoms with E-state index in [1.54, 1.807) is 4.57 Å². The molecule has 1 saturated carbocycles. The highest BCUT2D eigenvalue weighted by Crippen LogP contribution is 2.34. The van der Waals surface area contributed by atoms with Crippen molar-refractivity contribution < 1.29 is 0 Å². The van der Waals surface area contributed by atoms with Crippen LogP contribution >= 0.6 is 0 Å². The summed E-state index contributed by atoms with van der Waals surface area (Å²) in [4.78, 5) is 20.4. The van der Waals surface area contributed by atoms with Crippen molar-refractivity contribution in [3.8, 4) is 22.5 Å². The molecule has 0 aliphatic heterocycles. The van der Waals surface area contributed by atoms with Crippen LogP contribution in [-0.2, 0) is 13.6 Å². The van der Waals surface area contributed by atoms with E-state index in [4.69, 9.17) is 5.73 Å². The van der Waals surface area contributed by atoms with Crippen LogP contribution in [0.4, 0.5) is 5.95 Å². The average Bonchev–Trinajstić information content (AvgIpc) is 3.38. The Labute approximate surface area is 162 Å². The summed E-state index contributed by atoms with van der Waals surface area (Å²) < 4.78 is 3.63. The van der Waals surface area contributed by atoms with E-state index in [1.165, 1.54) is 18.4 Å². The van der Waals surface area contributed by atoms with Crippen LogP contribution < -0.4 is 11.4 Å². The van der Waals surface area contributed by atoms with Crippen molar-refractivity contribution >= 4 is 17.0 Å². The molecule has 0 unspecified atom stereocenters. The van der Waals surface area contributed by atoms with Gasteiger partial charge in [-0.1, -0.05) is 29.8 Å². The van der Waals surface area contributed by atoms with Gasteiger partial charge in [-0.3, -0.25) is 9.13 Å². The minimum atomic E-state index is 0.0436. The molecule has 4 aromatic rings. The number of H-pyrrole nitrogens is 1. The molecule has 0 amide bonds. The number of anilines is 1. The summed E-state index contributed by atoms with van der Waals surface area (Å²) in [5.41, 5.74) is 12.8. The van der Waals surface area contributed by atoms with Gasteiger partial charge in [-0.2, -0.15) is 0 Å². The third-order valence-corrected chi connectivity index (χ3v) is 5.59. The number of benzene rings is 2. The van der Waals surface area contributed by atoms with Gasteiger partial charge in [-0.25, -0.2) is 9.78 Å². The number of rotatable bonds is 4. The van der Waals surface area contributed by atoms with Gasteiger partial charge in [0.2, 0.25) is 0 Å². The Balaban J connectivity index is 1.66. The van der Waals surface area contributed by atoms with Crippen LogP contribution in [-0.4, -0.2) is 19.1 Å². The summed E-state index contributed by atoms with van der Waals surface area (Å²) in [7, 11) is 1.83. The number of imidazole rings is 2. The Morgan fingerprint density at radius 1 is 1.14 bits per heavy atom. The number of nitrogens with two attached hydrogens (primary N) is 1. The second-order valence-electron chi connectivity index (χ2n) is 7.81. The quantitative estimate of drug-likeness (QED) is 0.572. The number of nitrogens with zero attached hydrogens (tertiary/aromatic N) is 3. The molecule has 142 valence electrons. The molecular weight excluding hydrogens is 350 g/mol. The number of aromatic amines is 1. The summed E-state index contributed by atoms with van der Waals surface area (Å²) >= 11 is 0. The van der Waals surface area contributed by atoms with Gasteiger partial charge in [-0.15, -0.1) is 0 Å². The van der Waals surface area contributed by atoms with E-state index >= 15 is 0 Å². The highest BCUT2D eigenvalue weighted by molar-refractivity contribution is 5.87. The molecule has 0 spiro atoms. The van der Waals surface area contributed by atoms with Crippen molar-refractivity contribution in [2.24, 2.45) is 13.0 Å². The summed E-state index contributed by atoms with van der Waals surface area (Å²) in [6, 6.07) is 14.3. The molecule has 0 bridgehead atoms. The fourth-order valence-electron chi connectivity index (χ4n) is 3.90. The lowest BCUT2D eigenvalue weighted by molar-refractivity contribution is 0.609. The Morgan fingerprint density at radius 3 is 2.71 bits per heavy atom. The Morgan fingerprint density at radius 2 is 1.96 bits per heavy atom. The Kier molecular flexibility index (Phi) is 3.69. The van der Waals surface area contributed by atoms with Crippen LogP contribution in [0, 0.1) is 12.8 Å². The number of nitrogens with one attached hydrogen (secondary N) is 1.